The molecule has 2 rings (SSSR count). The van der Waals surface area contributed by atoms with Crippen molar-refractivity contribution in [1.82, 2.24) is 10.2 Å². The molecule has 1 spiro atoms. The van der Waals surface area contributed by atoms with Gasteiger partial charge in [0.2, 0.25) is 5.91 Å². The first-order valence-electron chi connectivity index (χ1n) is 9.19. The fraction of sp³-hybridized carbons (Fsp3) is 0.944. The van der Waals surface area contributed by atoms with Crippen molar-refractivity contribution in [3.8, 4) is 0 Å². The Morgan fingerprint density at radius 2 is 1.76 bits per heavy atom. The number of hydrogen-bond acceptors (Lipinski definition) is 2. The van der Waals surface area contributed by atoms with Crippen LogP contribution in [0.15, 0.2) is 0 Å². The monoisotopic (exact) mass is 294 g/mol. The van der Waals surface area contributed by atoms with Crippen molar-refractivity contribution in [2.75, 3.05) is 6.54 Å². The Morgan fingerprint density at radius 3 is 2.38 bits per heavy atom. The van der Waals surface area contributed by atoms with Crippen LogP contribution < -0.4 is 5.32 Å². The molecule has 0 bridgehead atoms. The Balaban J connectivity index is 1.85. The van der Waals surface area contributed by atoms with Crippen molar-refractivity contribution in [2.45, 2.75) is 96.7 Å². The van der Waals surface area contributed by atoms with Gasteiger partial charge in [0, 0.05) is 6.54 Å². The number of amides is 1. The summed E-state index contributed by atoms with van der Waals surface area (Å²) in [6, 6.07) is 0. The van der Waals surface area contributed by atoms with Crippen LogP contribution in [-0.4, -0.2) is 29.1 Å². The summed E-state index contributed by atoms with van der Waals surface area (Å²) >= 11 is 0. The average molecular weight is 294 g/mol. The van der Waals surface area contributed by atoms with Crippen molar-refractivity contribution in [3.63, 3.8) is 0 Å². The minimum absolute atomic E-state index is 0.197. The molecule has 1 amide bonds. The molecule has 1 N–H and O–H groups in total. The molecule has 3 heteroatoms. The molecule has 21 heavy (non-hydrogen) atoms. The smallest absolute Gasteiger partial charge is 0.244 e. The molecule has 1 aliphatic carbocycles. The molecule has 122 valence electrons. The number of hydrogen-bond donors (Lipinski definition) is 1. The molecule has 1 atom stereocenters. The van der Waals surface area contributed by atoms with Crippen molar-refractivity contribution >= 4 is 5.91 Å². The van der Waals surface area contributed by atoms with Gasteiger partial charge in [-0.05, 0) is 25.2 Å². The quantitative estimate of drug-likeness (QED) is 0.684. The van der Waals surface area contributed by atoms with Gasteiger partial charge < -0.3 is 4.90 Å². The number of nitrogens with zero attached hydrogens (tertiary/aromatic N) is 1. The van der Waals surface area contributed by atoms with E-state index in [0.717, 1.165) is 25.8 Å². The van der Waals surface area contributed by atoms with Crippen molar-refractivity contribution < 1.29 is 4.79 Å². The van der Waals surface area contributed by atoms with Crippen LogP contribution in [0.3, 0.4) is 0 Å². The van der Waals surface area contributed by atoms with E-state index in [1.165, 1.54) is 44.9 Å². The molecule has 0 radical (unpaired) electrons. The van der Waals surface area contributed by atoms with Crippen LogP contribution in [0, 0.1) is 5.92 Å². The van der Waals surface area contributed by atoms with Crippen LogP contribution in [0.1, 0.15) is 85.0 Å². The molecular weight excluding hydrogens is 260 g/mol. The molecule has 0 aromatic carbocycles. The SMILES string of the molecule is CCCCCCCCN1C(=O)C2(CCCC2)NC1C(C)C. The average Bonchev–Trinajstić information content (AvgIpc) is 3.03. The lowest BCUT2D eigenvalue weighted by Gasteiger charge is -2.27. The predicted octanol–water partition coefficient (Wildman–Crippen LogP) is 4.07. The minimum atomic E-state index is -0.197. The Labute approximate surface area is 130 Å². The van der Waals surface area contributed by atoms with Crippen LogP contribution in [-0.2, 0) is 4.79 Å². The molecular formula is C18H34N2O. The highest BCUT2D eigenvalue weighted by atomic mass is 16.2. The van der Waals surface area contributed by atoms with E-state index >= 15 is 0 Å². The summed E-state index contributed by atoms with van der Waals surface area (Å²) < 4.78 is 0. The van der Waals surface area contributed by atoms with Gasteiger partial charge in [0.15, 0.2) is 0 Å². The van der Waals surface area contributed by atoms with E-state index in [4.69, 9.17) is 0 Å². The summed E-state index contributed by atoms with van der Waals surface area (Å²) in [6.07, 6.45) is 12.5. The second kappa shape index (κ2) is 7.62. The first-order valence-corrected chi connectivity index (χ1v) is 9.19. The molecule has 0 aromatic rings. The van der Waals surface area contributed by atoms with Crippen molar-refractivity contribution in [2.24, 2.45) is 5.92 Å². The van der Waals surface area contributed by atoms with Gasteiger partial charge in [0.25, 0.3) is 0 Å². The molecule has 0 aromatic heterocycles. The highest BCUT2D eigenvalue weighted by Gasteiger charge is 2.52. The summed E-state index contributed by atoms with van der Waals surface area (Å²) in [5, 5.41) is 3.70. The Bertz CT molecular complexity index is 334. The topological polar surface area (TPSA) is 32.3 Å². The second-order valence-corrected chi connectivity index (χ2v) is 7.39. The van der Waals surface area contributed by atoms with E-state index in [0.29, 0.717) is 11.8 Å². The van der Waals surface area contributed by atoms with Crippen molar-refractivity contribution in [1.29, 1.82) is 0 Å². The third-order valence-corrected chi connectivity index (χ3v) is 5.27. The summed E-state index contributed by atoms with van der Waals surface area (Å²) in [4.78, 5) is 15.0. The van der Waals surface area contributed by atoms with Gasteiger partial charge in [0.1, 0.15) is 0 Å². The standard InChI is InChI=1S/C18H34N2O/c1-4-5-6-7-8-11-14-20-16(15(2)3)19-18(17(20)21)12-9-10-13-18/h15-16,19H,4-14H2,1-3H3. The van der Waals surface area contributed by atoms with Gasteiger partial charge in [-0.3, -0.25) is 10.1 Å². The lowest BCUT2D eigenvalue weighted by Crippen LogP contribution is -2.45. The third-order valence-electron chi connectivity index (χ3n) is 5.27. The van der Waals surface area contributed by atoms with E-state index in [1.807, 2.05) is 0 Å². The predicted molar refractivity (Wildman–Crippen MR) is 88.0 cm³/mol. The number of unbranched alkanes of at least 4 members (excludes halogenated alkanes) is 5. The largest absolute Gasteiger partial charge is 0.325 e. The van der Waals surface area contributed by atoms with Gasteiger partial charge >= 0.3 is 0 Å². The lowest BCUT2D eigenvalue weighted by molar-refractivity contribution is -0.133. The van der Waals surface area contributed by atoms with Crippen molar-refractivity contribution in [3.05, 3.63) is 0 Å². The maximum atomic E-state index is 12.9. The van der Waals surface area contributed by atoms with E-state index in [2.05, 4.69) is 31.0 Å². The molecule has 1 saturated heterocycles. The van der Waals surface area contributed by atoms with E-state index in [9.17, 15) is 4.79 Å². The molecule has 1 aliphatic heterocycles. The zero-order chi connectivity index (χ0) is 15.3. The Hall–Kier alpha value is -0.570. The summed E-state index contributed by atoms with van der Waals surface area (Å²) in [7, 11) is 0. The zero-order valence-corrected chi connectivity index (χ0v) is 14.3. The zero-order valence-electron chi connectivity index (χ0n) is 14.3. The fourth-order valence-electron chi connectivity index (χ4n) is 3.99. The summed E-state index contributed by atoms with van der Waals surface area (Å²) in [5.41, 5.74) is -0.197. The van der Waals surface area contributed by atoms with Crippen LogP contribution in [0.2, 0.25) is 0 Å². The minimum Gasteiger partial charge on any atom is -0.325 e. The van der Waals surface area contributed by atoms with Gasteiger partial charge in [-0.25, -0.2) is 0 Å². The highest BCUT2D eigenvalue weighted by Crippen LogP contribution is 2.37. The molecule has 3 nitrogen and oxygen atoms in total. The first-order chi connectivity index (χ1) is 10.1. The molecule has 1 unspecified atom stereocenters. The van der Waals surface area contributed by atoms with Gasteiger partial charge in [-0.2, -0.15) is 0 Å². The van der Waals surface area contributed by atoms with Gasteiger partial charge in [-0.1, -0.05) is 65.7 Å². The normalized spacial score (nSPS) is 24.7. The highest BCUT2D eigenvalue weighted by molar-refractivity contribution is 5.89. The van der Waals surface area contributed by atoms with Gasteiger partial charge in [0.05, 0.1) is 11.7 Å². The van der Waals surface area contributed by atoms with E-state index < -0.39 is 0 Å². The van der Waals surface area contributed by atoms with Crippen LogP contribution in [0.4, 0.5) is 0 Å². The number of nitrogens with one attached hydrogen (secondary N) is 1. The summed E-state index contributed by atoms with van der Waals surface area (Å²) in [5.74, 6) is 0.890. The maximum Gasteiger partial charge on any atom is 0.244 e. The lowest BCUT2D eigenvalue weighted by atomic mass is 9.98. The Kier molecular flexibility index (Phi) is 6.09. The number of rotatable bonds is 8. The molecule has 1 saturated carbocycles. The Morgan fingerprint density at radius 1 is 1.14 bits per heavy atom. The van der Waals surface area contributed by atoms with Crippen LogP contribution in [0.5, 0.6) is 0 Å². The van der Waals surface area contributed by atoms with E-state index in [-0.39, 0.29) is 11.7 Å². The first kappa shape index (κ1) is 16.8. The number of carbonyl (C=O) groups excluding carboxylic acids is 1. The van der Waals surface area contributed by atoms with Crippen LogP contribution in [0.25, 0.3) is 0 Å². The second-order valence-electron chi connectivity index (χ2n) is 7.39. The van der Waals surface area contributed by atoms with Gasteiger partial charge in [-0.15, -0.1) is 0 Å². The number of carbonyl (C=O) groups is 1. The van der Waals surface area contributed by atoms with E-state index in [1.54, 1.807) is 0 Å². The molecule has 2 aliphatic rings. The summed E-state index contributed by atoms with van der Waals surface area (Å²) in [6.45, 7) is 7.66. The molecule has 1 heterocycles. The maximum absolute atomic E-state index is 12.9. The molecule has 2 fully saturated rings. The third kappa shape index (κ3) is 3.80. The fourth-order valence-corrected chi connectivity index (χ4v) is 3.99. The van der Waals surface area contributed by atoms with Crippen LogP contribution >= 0.6 is 0 Å².